The largest absolute Gasteiger partial charge is 0.495 e. The minimum Gasteiger partial charge on any atom is -0.495 e. The minimum absolute atomic E-state index is 0.259. The van der Waals surface area contributed by atoms with Gasteiger partial charge in [0.05, 0.1) is 25.1 Å². The zero-order valence-corrected chi connectivity index (χ0v) is 15.6. The third-order valence-corrected chi connectivity index (χ3v) is 4.27. The molecule has 4 N–H and O–H groups in total. The van der Waals surface area contributed by atoms with Gasteiger partial charge in [-0.2, -0.15) is 13.2 Å². The average molecular weight is 418 g/mol. The molecular formula is C15H17F3N6O3S. The average Bonchev–Trinajstić information content (AvgIpc) is 2.99. The van der Waals surface area contributed by atoms with E-state index in [2.05, 4.69) is 20.8 Å². The van der Waals surface area contributed by atoms with Gasteiger partial charge in [-0.15, -0.1) is 10.2 Å². The van der Waals surface area contributed by atoms with Crippen LogP contribution in [-0.4, -0.2) is 46.1 Å². The number of thioether (sulfide) groups is 1. The molecule has 0 aliphatic carbocycles. The summed E-state index contributed by atoms with van der Waals surface area (Å²) < 4.78 is 43.1. The van der Waals surface area contributed by atoms with E-state index in [9.17, 15) is 22.8 Å². The Labute approximate surface area is 161 Å². The van der Waals surface area contributed by atoms with Crippen LogP contribution in [0.15, 0.2) is 23.4 Å². The topological polar surface area (TPSA) is 124 Å². The number of methoxy groups -OCH3 is 1. The number of halogens is 3. The molecular weight excluding hydrogens is 401 g/mol. The molecule has 2 amide bonds. The lowest BCUT2D eigenvalue weighted by Crippen LogP contribution is -2.34. The maximum atomic E-state index is 12.6. The first-order chi connectivity index (χ1) is 13.1. The fraction of sp³-hybridized carbons (Fsp3) is 0.333. The van der Waals surface area contributed by atoms with E-state index in [1.54, 1.807) is 12.1 Å². The van der Waals surface area contributed by atoms with Crippen LogP contribution in [0.4, 0.5) is 18.9 Å². The number of nitrogens with zero attached hydrogens (tertiary/aromatic N) is 3. The first-order valence-electron chi connectivity index (χ1n) is 7.73. The highest BCUT2D eigenvalue weighted by Crippen LogP contribution is 2.28. The molecule has 1 heterocycles. The Morgan fingerprint density at radius 1 is 1.29 bits per heavy atom. The van der Waals surface area contributed by atoms with Crippen LogP contribution >= 0.6 is 11.8 Å². The summed E-state index contributed by atoms with van der Waals surface area (Å²) in [5.74, 6) is 2.97. The SMILES string of the molecule is COc1ccc(C)cc1NC(=O)CNC(=O)CSc1nnc(C(F)(F)F)n1N. The summed E-state index contributed by atoms with van der Waals surface area (Å²) in [6, 6.07) is 5.22. The molecule has 1 aromatic heterocycles. The Balaban J connectivity index is 1.84. The van der Waals surface area contributed by atoms with E-state index in [-0.39, 0.29) is 22.1 Å². The lowest BCUT2D eigenvalue weighted by atomic mass is 10.2. The number of nitrogens with one attached hydrogen (secondary N) is 2. The van der Waals surface area contributed by atoms with Crippen LogP contribution in [0, 0.1) is 6.92 Å². The number of ether oxygens (including phenoxy) is 1. The second kappa shape index (κ2) is 8.82. The van der Waals surface area contributed by atoms with Crippen molar-refractivity contribution in [1.82, 2.24) is 20.2 Å². The van der Waals surface area contributed by atoms with Gasteiger partial charge in [0, 0.05) is 0 Å². The third kappa shape index (κ3) is 5.52. The molecule has 0 spiro atoms. The number of carbonyl (C=O) groups excluding carboxylic acids is 2. The number of rotatable bonds is 7. The van der Waals surface area contributed by atoms with Gasteiger partial charge in [0.15, 0.2) is 0 Å². The number of carbonyl (C=O) groups is 2. The standard InChI is InChI=1S/C15H17F3N6O3S/c1-8-3-4-10(27-2)9(5-8)21-11(25)6-20-12(26)7-28-14-23-22-13(24(14)19)15(16,17)18/h3-5H,6-7,19H2,1-2H3,(H,20,26)(H,21,25). The van der Waals surface area contributed by atoms with Gasteiger partial charge in [0.2, 0.25) is 17.0 Å². The molecule has 0 radical (unpaired) electrons. The van der Waals surface area contributed by atoms with Crippen LogP contribution in [0.5, 0.6) is 5.75 Å². The Bertz CT molecular complexity index is 871. The third-order valence-electron chi connectivity index (χ3n) is 3.33. The molecule has 0 atom stereocenters. The van der Waals surface area contributed by atoms with Crippen molar-refractivity contribution in [3.8, 4) is 5.75 Å². The van der Waals surface area contributed by atoms with E-state index < -0.39 is 23.8 Å². The predicted octanol–water partition coefficient (Wildman–Crippen LogP) is 1.17. The number of anilines is 1. The molecule has 0 aliphatic rings. The molecule has 28 heavy (non-hydrogen) atoms. The predicted molar refractivity (Wildman–Crippen MR) is 95.3 cm³/mol. The summed E-state index contributed by atoms with van der Waals surface area (Å²) in [5.41, 5.74) is 1.35. The van der Waals surface area contributed by atoms with Crippen molar-refractivity contribution in [2.45, 2.75) is 18.3 Å². The summed E-state index contributed by atoms with van der Waals surface area (Å²) in [7, 11) is 1.46. The molecule has 0 fully saturated rings. The number of nitrogen functional groups attached to an aromatic ring is 1. The highest BCUT2D eigenvalue weighted by Gasteiger charge is 2.38. The molecule has 9 nitrogen and oxygen atoms in total. The number of aryl methyl sites for hydroxylation is 1. The number of benzene rings is 1. The van der Waals surface area contributed by atoms with Crippen molar-refractivity contribution >= 4 is 29.3 Å². The van der Waals surface area contributed by atoms with Crippen LogP contribution < -0.4 is 21.2 Å². The lowest BCUT2D eigenvalue weighted by molar-refractivity contribution is -0.146. The van der Waals surface area contributed by atoms with E-state index in [0.717, 1.165) is 5.56 Å². The summed E-state index contributed by atoms with van der Waals surface area (Å²) in [6.45, 7) is 1.51. The van der Waals surface area contributed by atoms with Gasteiger partial charge >= 0.3 is 6.18 Å². The van der Waals surface area contributed by atoms with E-state index in [4.69, 9.17) is 10.6 Å². The number of aromatic nitrogens is 3. The Hall–Kier alpha value is -2.96. The zero-order valence-electron chi connectivity index (χ0n) is 14.8. The lowest BCUT2D eigenvalue weighted by Gasteiger charge is -2.11. The molecule has 152 valence electrons. The van der Waals surface area contributed by atoms with Crippen molar-refractivity contribution < 1.29 is 27.5 Å². The Morgan fingerprint density at radius 2 is 2.00 bits per heavy atom. The molecule has 0 saturated carbocycles. The van der Waals surface area contributed by atoms with Crippen LogP contribution in [0.3, 0.4) is 0 Å². The number of alkyl halides is 3. The molecule has 0 aliphatic heterocycles. The van der Waals surface area contributed by atoms with Crippen molar-refractivity contribution in [3.05, 3.63) is 29.6 Å². The van der Waals surface area contributed by atoms with Crippen molar-refractivity contribution in [1.29, 1.82) is 0 Å². The number of hydrogen-bond donors (Lipinski definition) is 3. The van der Waals surface area contributed by atoms with Crippen LogP contribution in [-0.2, 0) is 15.8 Å². The normalized spacial score (nSPS) is 11.2. The van der Waals surface area contributed by atoms with Gasteiger partial charge in [0.1, 0.15) is 5.75 Å². The van der Waals surface area contributed by atoms with E-state index >= 15 is 0 Å². The highest BCUT2D eigenvalue weighted by molar-refractivity contribution is 7.99. The quantitative estimate of drug-likeness (QED) is 0.456. The maximum Gasteiger partial charge on any atom is 0.453 e. The number of hydrogen-bond acceptors (Lipinski definition) is 7. The first kappa shape index (κ1) is 21.3. The van der Waals surface area contributed by atoms with Crippen LogP contribution in [0.1, 0.15) is 11.4 Å². The molecule has 0 unspecified atom stereocenters. The van der Waals surface area contributed by atoms with Gasteiger partial charge < -0.3 is 21.2 Å². The molecule has 1 aromatic carbocycles. The van der Waals surface area contributed by atoms with Crippen molar-refractivity contribution in [2.75, 3.05) is 30.6 Å². The van der Waals surface area contributed by atoms with Gasteiger partial charge in [-0.25, -0.2) is 4.68 Å². The summed E-state index contributed by atoms with van der Waals surface area (Å²) in [5, 5.41) is 10.9. The Morgan fingerprint density at radius 3 is 2.61 bits per heavy atom. The number of nitrogens with two attached hydrogens (primary N) is 1. The molecule has 13 heteroatoms. The van der Waals surface area contributed by atoms with Crippen molar-refractivity contribution in [2.24, 2.45) is 0 Å². The van der Waals surface area contributed by atoms with Gasteiger partial charge in [0.25, 0.3) is 5.82 Å². The zero-order chi connectivity index (χ0) is 20.9. The molecule has 2 rings (SSSR count). The van der Waals surface area contributed by atoms with E-state index in [1.807, 2.05) is 13.0 Å². The summed E-state index contributed by atoms with van der Waals surface area (Å²) >= 11 is 0.656. The van der Waals surface area contributed by atoms with Crippen LogP contribution in [0.25, 0.3) is 0 Å². The van der Waals surface area contributed by atoms with E-state index in [0.29, 0.717) is 23.2 Å². The summed E-state index contributed by atoms with van der Waals surface area (Å²) in [4.78, 5) is 23.8. The highest BCUT2D eigenvalue weighted by atomic mass is 32.2. The monoisotopic (exact) mass is 418 g/mol. The molecule has 2 aromatic rings. The second-order valence-corrected chi connectivity index (χ2v) is 6.43. The van der Waals surface area contributed by atoms with Crippen LogP contribution in [0.2, 0.25) is 0 Å². The Kier molecular flexibility index (Phi) is 6.72. The number of amides is 2. The van der Waals surface area contributed by atoms with Crippen molar-refractivity contribution in [3.63, 3.8) is 0 Å². The molecule has 0 bridgehead atoms. The smallest absolute Gasteiger partial charge is 0.453 e. The second-order valence-electron chi connectivity index (χ2n) is 5.49. The fourth-order valence-corrected chi connectivity index (χ4v) is 2.73. The summed E-state index contributed by atoms with van der Waals surface area (Å²) in [6.07, 6.45) is -4.75. The first-order valence-corrected chi connectivity index (χ1v) is 8.72. The van der Waals surface area contributed by atoms with Gasteiger partial charge in [-0.3, -0.25) is 9.59 Å². The fourth-order valence-electron chi connectivity index (χ4n) is 2.04. The van der Waals surface area contributed by atoms with Gasteiger partial charge in [-0.1, -0.05) is 17.8 Å². The van der Waals surface area contributed by atoms with Gasteiger partial charge in [-0.05, 0) is 24.6 Å². The molecule has 0 saturated heterocycles. The minimum atomic E-state index is -4.75. The van der Waals surface area contributed by atoms with E-state index in [1.165, 1.54) is 7.11 Å². The maximum absolute atomic E-state index is 12.6.